The fraction of sp³-hybridized carbons (Fsp3) is 0.400. The van der Waals surface area contributed by atoms with Crippen LogP contribution in [0.25, 0.3) is 0 Å². The van der Waals surface area contributed by atoms with Gasteiger partial charge in [0.2, 0.25) is 0 Å². The zero-order valence-corrected chi connectivity index (χ0v) is 14.8. The standard InChI is InChI=1S/C20H22O5/c1-5-13-16(21)9-17(24-19(13)22)12(4)18-11(3)14-7-6-10(2)8-15(14)20(23)25-18/h6-9,11-12,18,21H,5H2,1-4H3/t11-,12+,18+/m0/s1. The molecular formula is C20H22O5. The van der Waals surface area contributed by atoms with Crippen molar-refractivity contribution in [1.29, 1.82) is 0 Å². The molecule has 0 amide bonds. The summed E-state index contributed by atoms with van der Waals surface area (Å²) in [6.07, 6.45) is -0.0811. The van der Waals surface area contributed by atoms with Crippen LogP contribution in [0.4, 0.5) is 0 Å². The molecule has 3 atom stereocenters. The van der Waals surface area contributed by atoms with Crippen LogP contribution in [-0.2, 0) is 11.2 Å². The molecule has 132 valence electrons. The van der Waals surface area contributed by atoms with Gasteiger partial charge in [-0.3, -0.25) is 0 Å². The van der Waals surface area contributed by atoms with Gasteiger partial charge in [-0.15, -0.1) is 0 Å². The third-order valence-corrected chi connectivity index (χ3v) is 5.00. The minimum absolute atomic E-state index is 0.0541. The van der Waals surface area contributed by atoms with Crippen LogP contribution in [0.15, 0.2) is 33.5 Å². The van der Waals surface area contributed by atoms with Crippen LogP contribution in [0.2, 0.25) is 0 Å². The maximum atomic E-state index is 12.4. The first-order valence-electron chi connectivity index (χ1n) is 8.50. The van der Waals surface area contributed by atoms with E-state index in [1.165, 1.54) is 6.07 Å². The molecular weight excluding hydrogens is 320 g/mol. The number of fused-ring (bicyclic) bond motifs is 1. The van der Waals surface area contributed by atoms with Crippen LogP contribution in [0, 0.1) is 6.92 Å². The fourth-order valence-electron chi connectivity index (χ4n) is 3.48. The number of carbonyl (C=O) groups excluding carboxylic acids is 1. The van der Waals surface area contributed by atoms with Gasteiger partial charge in [0.15, 0.2) is 0 Å². The van der Waals surface area contributed by atoms with Gasteiger partial charge in [0.25, 0.3) is 0 Å². The van der Waals surface area contributed by atoms with Crippen molar-refractivity contribution in [3.05, 3.63) is 62.7 Å². The number of hydrogen-bond acceptors (Lipinski definition) is 5. The predicted octanol–water partition coefficient (Wildman–Crippen LogP) is 3.66. The molecule has 0 aliphatic carbocycles. The van der Waals surface area contributed by atoms with E-state index >= 15 is 0 Å². The lowest BCUT2D eigenvalue weighted by molar-refractivity contribution is 0.0103. The van der Waals surface area contributed by atoms with E-state index in [1.54, 1.807) is 6.92 Å². The second kappa shape index (κ2) is 6.39. The van der Waals surface area contributed by atoms with Crippen molar-refractivity contribution in [1.82, 2.24) is 0 Å². The zero-order chi connectivity index (χ0) is 18.3. The quantitative estimate of drug-likeness (QED) is 0.861. The number of cyclic esters (lactones) is 1. The summed E-state index contributed by atoms with van der Waals surface area (Å²) in [6, 6.07) is 7.20. The molecule has 25 heavy (non-hydrogen) atoms. The average molecular weight is 342 g/mol. The summed E-state index contributed by atoms with van der Waals surface area (Å²) in [4.78, 5) is 24.4. The summed E-state index contributed by atoms with van der Waals surface area (Å²) in [5.74, 6) is -0.545. The third-order valence-electron chi connectivity index (χ3n) is 5.00. The lowest BCUT2D eigenvalue weighted by atomic mass is 9.82. The number of benzene rings is 1. The van der Waals surface area contributed by atoms with Crippen LogP contribution in [0.3, 0.4) is 0 Å². The van der Waals surface area contributed by atoms with Gasteiger partial charge in [-0.2, -0.15) is 0 Å². The highest BCUT2D eigenvalue weighted by molar-refractivity contribution is 5.93. The molecule has 1 aromatic heterocycles. The van der Waals surface area contributed by atoms with E-state index in [4.69, 9.17) is 9.15 Å². The number of carbonyl (C=O) groups is 1. The summed E-state index contributed by atoms with van der Waals surface area (Å²) in [5, 5.41) is 10.1. The van der Waals surface area contributed by atoms with E-state index in [0.29, 0.717) is 17.7 Å². The second-order valence-corrected chi connectivity index (χ2v) is 6.69. The molecule has 1 aliphatic heterocycles. The van der Waals surface area contributed by atoms with Crippen molar-refractivity contribution in [3.63, 3.8) is 0 Å². The summed E-state index contributed by atoms with van der Waals surface area (Å²) in [7, 11) is 0. The van der Waals surface area contributed by atoms with Gasteiger partial charge < -0.3 is 14.3 Å². The van der Waals surface area contributed by atoms with E-state index in [-0.39, 0.29) is 29.1 Å². The van der Waals surface area contributed by atoms with Crippen LogP contribution < -0.4 is 5.63 Å². The van der Waals surface area contributed by atoms with Gasteiger partial charge in [-0.1, -0.05) is 38.5 Å². The zero-order valence-electron chi connectivity index (χ0n) is 14.8. The Kier molecular flexibility index (Phi) is 4.41. The van der Waals surface area contributed by atoms with Crippen molar-refractivity contribution in [2.45, 2.75) is 52.1 Å². The molecule has 3 rings (SSSR count). The summed E-state index contributed by atoms with van der Waals surface area (Å²) < 4.78 is 11.0. The second-order valence-electron chi connectivity index (χ2n) is 6.69. The first kappa shape index (κ1) is 17.3. The Bertz CT molecular complexity index is 880. The van der Waals surface area contributed by atoms with Crippen molar-refractivity contribution in [2.75, 3.05) is 0 Å². The molecule has 2 heterocycles. The summed E-state index contributed by atoms with van der Waals surface area (Å²) >= 11 is 0. The van der Waals surface area contributed by atoms with Crippen molar-refractivity contribution >= 4 is 5.97 Å². The molecule has 0 saturated heterocycles. The summed E-state index contributed by atoms with van der Waals surface area (Å²) in [5.41, 5.74) is 2.22. The molecule has 0 saturated carbocycles. The normalized spacial score (nSPS) is 20.7. The Balaban J connectivity index is 1.98. The molecule has 1 aliphatic rings. The predicted molar refractivity (Wildman–Crippen MR) is 93.2 cm³/mol. The van der Waals surface area contributed by atoms with Gasteiger partial charge in [0.1, 0.15) is 17.6 Å². The Morgan fingerprint density at radius 3 is 2.60 bits per heavy atom. The Morgan fingerprint density at radius 2 is 1.96 bits per heavy atom. The number of esters is 1. The highest BCUT2D eigenvalue weighted by Crippen LogP contribution is 2.39. The molecule has 0 radical (unpaired) electrons. The highest BCUT2D eigenvalue weighted by Gasteiger charge is 2.38. The minimum Gasteiger partial charge on any atom is -0.507 e. The van der Waals surface area contributed by atoms with Gasteiger partial charge in [0, 0.05) is 12.0 Å². The number of ether oxygens (including phenoxy) is 1. The third kappa shape index (κ3) is 2.95. The minimum atomic E-state index is -0.546. The Labute approximate surface area is 146 Å². The van der Waals surface area contributed by atoms with E-state index in [0.717, 1.165) is 11.1 Å². The molecule has 0 bridgehead atoms. The van der Waals surface area contributed by atoms with Crippen LogP contribution in [0.1, 0.15) is 65.4 Å². The van der Waals surface area contributed by atoms with Crippen LogP contribution in [0.5, 0.6) is 5.75 Å². The molecule has 1 N–H and O–H groups in total. The monoisotopic (exact) mass is 342 g/mol. The van der Waals surface area contributed by atoms with Crippen molar-refractivity contribution < 1.29 is 19.1 Å². The Hall–Kier alpha value is -2.56. The Morgan fingerprint density at radius 1 is 1.24 bits per heavy atom. The SMILES string of the molecule is CCc1c(O)cc([C@@H](C)[C@@H]2OC(=O)c3cc(C)ccc3[C@@H]2C)oc1=O. The highest BCUT2D eigenvalue weighted by atomic mass is 16.5. The summed E-state index contributed by atoms with van der Waals surface area (Å²) in [6.45, 7) is 7.52. The van der Waals surface area contributed by atoms with Gasteiger partial charge in [-0.05, 0) is 25.0 Å². The molecule has 0 spiro atoms. The van der Waals surface area contributed by atoms with Gasteiger partial charge in [-0.25, -0.2) is 9.59 Å². The molecule has 0 unspecified atom stereocenters. The van der Waals surface area contributed by atoms with E-state index in [9.17, 15) is 14.7 Å². The smallest absolute Gasteiger partial charge is 0.342 e. The molecule has 0 fully saturated rings. The molecule has 5 nitrogen and oxygen atoms in total. The van der Waals surface area contributed by atoms with E-state index in [2.05, 4.69) is 0 Å². The van der Waals surface area contributed by atoms with Crippen molar-refractivity contribution in [2.24, 2.45) is 0 Å². The number of aromatic hydroxyl groups is 1. The molecule has 5 heteroatoms. The maximum Gasteiger partial charge on any atom is 0.342 e. The molecule has 1 aromatic carbocycles. The average Bonchev–Trinajstić information content (AvgIpc) is 2.57. The van der Waals surface area contributed by atoms with E-state index < -0.39 is 11.7 Å². The number of hydrogen-bond donors (Lipinski definition) is 1. The van der Waals surface area contributed by atoms with Crippen molar-refractivity contribution in [3.8, 4) is 5.75 Å². The van der Waals surface area contributed by atoms with Crippen LogP contribution >= 0.6 is 0 Å². The molecule has 2 aromatic rings. The lowest BCUT2D eigenvalue weighted by Crippen LogP contribution is -2.35. The van der Waals surface area contributed by atoms with Gasteiger partial charge >= 0.3 is 11.6 Å². The van der Waals surface area contributed by atoms with Crippen LogP contribution in [-0.4, -0.2) is 17.2 Å². The largest absolute Gasteiger partial charge is 0.507 e. The first-order chi connectivity index (χ1) is 11.8. The van der Waals surface area contributed by atoms with Gasteiger partial charge in [0.05, 0.1) is 17.0 Å². The fourth-order valence-corrected chi connectivity index (χ4v) is 3.48. The maximum absolute atomic E-state index is 12.4. The topological polar surface area (TPSA) is 76.7 Å². The number of rotatable bonds is 3. The van der Waals surface area contributed by atoms with E-state index in [1.807, 2.05) is 39.0 Å². The lowest BCUT2D eigenvalue weighted by Gasteiger charge is -2.34. The first-order valence-corrected chi connectivity index (χ1v) is 8.50. The number of aryl methyl sites for hydroxylation is 1.